The fraction of sp³-hybridized carbons (Fsp3) is 1.00. The predicted molar refractivity (Wildman–Crippen MR) is 49.4 cm³/mol. The van der Waals surface area contributed by atoms with Crippen LogP contribution in [0.3, 0.4) is 0 Å². The number of hydrogen-bond acceptors (Lipinski definition) is 2. The van der Waals surface area contributed by atoms with Crippen molar-refractivity contribution in [3.63, 3.8) is 0 Å². The minimum absolute atomic E-state index is 0. The summed E-state index contributed by atoms with van der Waals surface area (Å²) in [4.78, 5) is 0.820. The first-order valence-electron chi connectivity index (χ1n) is 4.84. The van der Waals surface area contributed by atoms with Gasteiger partial charge >= 0.3 is 12.4 Å². The molecule has 18 heavy (non-hydrogen) atoms. The molecule has 0 aliphatic carbocycles. The molecule has 0 bridgehead atoms. The van der Waals surface area contributed by atoms with Gasteiger partial charge in [0.1, 0.15) is 0 Å². The largest absolute Gasteiger partial charge is 0.427 e. The zero-order chi connectivity index (χ0) is 14.2. The molecule has 0 rings (SSSR count). The molecule has 0 saturated heterocycles. The number of hydrogen-bond donors (Lipinski definition) is 1. The van der Waals surface area contributed by atoms with E-state index in [-0.39, 0.29) is 16.5 Å². The Bertz CT molecular complexity index is 251. The summed E-state index contributed by atoms with van der Waals surface area (Å²) in [6, 6.07) is -2.70. The van der Waals surface area contributed by atoms with Gasteiger partial charge in [0.25, 0.3) is 5.60 Å². The van der Waals surface area contributed by atoms with Crippen LogP contribution in [0.15, 0.2) is 0 Å². The average molecular weight is 326 g/mol. The Morgan fingerprint density at radius 3 is 1.33 bits per heavy atom. The van der Waals surface area contributed by atoms with Gasteiger partial charge in [-0.3, -0.25) is 4.90 Å². The Morgan fingerprint density at radius 2 is 1.17 bits per heavy atom. The molecule has 0 heterocycles. The van der Waals surface area contributed by atoms with E-state index in [1.54, 1.807) is 0 Å². The fourth-order valence-electron chi connectivity index (χ4n) is 1.38. The summed E-state index contributed by atoms with van der Waals surface area (Å²) in [6.07, 6.45) is -11.6. The van der Waals surface area contributed by atoms with E-state index in [4.69, 9.17) is 5.11 Å². The topological polar surface area (TPSA) is 23.5 Å². The number of alkyl halides is 6. The molecule has 1 unspecified atom stereocenters. The number of aliphatic hydroxyl groups is 1. The summed E-state index contributed by atoms with van der Waals surface area (Å²) in [5.41, 5.74) is -4.74. The Kier molecular flexibility index (Phi) is 6.73. The molecule has 0 saturated carbocycles. The molecule has 2 nitrogen and oxygen atoms in total. The third-order valence-electron chi connectivity index (χ3n) is 2.89. The maximum Gasteiger partial charge on any atom is 0.427 e. The molecule has 9 heteroatoms. The standard InChI is InChI=1S/C9H15F6NO.Ni/c1-5(2)16(4)6(3)7(17,8(10,11)12)9(13,14)15;/h5-6,17H,1-4H3;. The van der Waals surface area contributed by atoms with E-state index in [0.717, 1.165) is 11.9 Å². The van der Waals surface area contributed by atoms with Crippen molar-refractivity contribution in [3.8, 4) is 0 Å². The van der Waals surface area contributed by atoms with Crippen molar-refractivity contribution in [1.82, 2.24) is 4.90 Å². The van der Waals surface area contributed by atoms with Crippen LogP contribution in [0.5, 0.6) is 0 Å². The van der Waals surface area contributed by atoms with E-state index in [0.29, 0.717) is 6.92 Å². The molecule has 0 spiro atoms. The minimum Gasteiger partial charge on any atom is -0.372 e. The van der Waals surface area contributed by atoms with Crippen molar-refractivity contribution < 1.29 is 47.9 Å². The van der Waals surface area contributed by atoms with E-state index in [1.807, 2.05) is 0 Å². The van der Waals surface area contributed by atoms with Crippen LogP contribution in [-0.4, -0.2) is 47.1 Å². The van der Waals surface area contributed by atoms with Gasteiger partial charge in [0, 0.05) is 22.5 Å². The van der Waals surface area contributed by atoms with E-state index in [1.165, 1.54) is 13.8 Å². The molecule has 0 radical (unpaired) electrons. The van der Waals surface area contributed by atoms with Crippen molar-refractivity contribution in [2.24, 2.45) is 0 Å². The van der Waals surface area contributed by atoms with Crippen molar-refractivity contribution in [3.05, 3.63) is 0 Å². The Morgan fingerprint density at radius 1 is 0.889 bits per heavy atom. The average Bonchev–Trinajstić information content (AvgIpc) is 2.10. The second kappa shape index (κ2) is 5.97. The molecule has 0 fully saturated rings. The monoisotopic (exact) mass is 325 g/mol. The Labute approximate surface area is 111 Å². The molecular weight excluding hydrogens is 311 g/mol. The van der Waals surface area contributed by atoms with E-state index in [9.17, 15) is 26.3 Å². The van der Waals surface area contributed by atoms with Gasteiger partial charge in [0.05, 0.1) is 6.04 Å². The van der Waals surface area contributed by atoms with Crippen molar-refractivity contribution in [2.75, 3.05) is 7.05 Å². The second-order valence-electron chi connectivity index (χ2n) is 4.20. The molecule has 1 atom stereocenters. The van der Waals surface area contributed by atoms with Crippen molar-refractivity contribution in [2.45, 2.75) is 50.8 Å². The molecule has 114 valence electrons. The van der Waals surface area contributed by atoms with Gasteiger partial charge in [-0.15, -0.1) is 0 Å². The molecule has 0 aromatic carbocycles. The van der Waals surface area contributed by atoms with Gasteiger partial charge in [0.15, 0.2) is 0 Å². The first-order valence-corrected chi connectivity index (χ1v) is 4.84. The first kappa shape index (κ1) is 20.3. The molecule has 0 aromatic rings. The van der Waals surface area contributed by atoms with Gasteiger partial charge in [-0.25, -0.2) is 0 Å². The van der Waals surface area contributed by atoms with Crippen LogP contribution in [-0.2, 0) is 16.5 Å². The van der Waals surface area contributed by atoms with E-state index >= 15 is 0 Å². The second-order valence-corrected chi connectivity index (χ2v) is 4.20. The van der Waals surface area contributed by atoms with Gasteiger partial charge in [-0.2, -0.15) is 26.3 Å². The summed E-state index contributed by atoms with van der Waals surface area (Å²) in [5, 5.41) is 9.08. The molecule has 1 N–H and O–H groups in total. The van der Waals surface area contributed by atoms with Crippen molar-refractivity contribution >= 4 is 0 Å². The molecule has 0 aliphatic heterocycles. The normalized spacial score (nSPS) is 15.8. The number of rotatable bonds is 3. The number of halogens is 6. The zero-order valence-corrected chi connectivity index (χ0v) is 11.1. The smallest absolute Gasteiger partial charge is 0.372 e. The first-order chi connectivity index (χ1) is 7.26. The third-order valence-corrected chi connectivity index (χ3v) is 2.89. The third kappa shape index (κ3) is 3.51. The number of likely N-dealkylation sites (N-methyl/N-ethyl adjacent to an activating group) is 1. The van der Waals surface area contributed by atoms with Crippen LogP contribution >= 0.6 is 0 Å². The molecule has 0 amide bonds. The van der Waals surface area contributed by atoms with E-state index < -0.39 is 30.0 Å². The quantitative estimate of drug-likeness (QED) is 0.637. The van der Waals surface area contributed by atoms with Crippen molar-refractivity contribution in [1.29, 1.82) is 0 Å². The molecule has 0 aromatic heterocycles. The fourth-order valence-corrected chi connectivity index (χ4v) is 1.38. The summed E-state index contributed by atoms with van der Waals surface area (Å²) in [5.74, 6) is 0. The van der Waals surface area contributed by atoms with Crippen LogP contribution in [0.1, 0.15) is 20.8 Å². The minimum atomic E-state index is -5.78. The summed E-state index contributed by atoms with van der Waals surface area (Å²) in [6.45, 7) is 3.56. The Balaban J connectivity index is 0. The molecule has 0 aliphatic rings. The zero-order valence-electron chi connectivity index (χ0n) is 10.1. The van der Waals surface area contributed by atoms with Crippen LogP contribution in [0.25, 0.3) is 0 Å². The summed E-state index contributed by atoms with van der Waals surface area (Å²) in [7, 11) is 1.10. The van der Waals surface area contributed by atoms with Crippen LogP contribution in [0.2, 0.25) is 0 Å². The maximum absolute atomic E-state index is 12.5. The molecular formula is C9H15F6NNiO. The van der Waals surface area contributed by atoms with E-state index in [2.05, 4.69) is 0 Å². The number of nitrogens with zero attached hydrogens (tertiary/aromatic N) is 1. The van der Waals surface area contributed by atoms with Crippen LogP contribution in [0.4, 0.5) is 26.3 Å². The summed E-state index contributed by atoms with van der Waals surface area (Å²) < 4.78 is 74.9. The van der Waals surface area contributed by atoms with Crippen LogP contribution in [0, 0.1) is 0 Å². The van der Waals surface area contributed by atoms with Gasteiger partial charge in [-0.05, 0) is 27.8 Å². The van der Waals surface area contributed by atoms with Crippen LogP contribution < -0.4 is 0 Å². The SMILES string of the molecule is CC(C)N(C)C(C)C(O)(C(F)(F)F)C(F)(F)F.[Ni]. The van der Waals surface area contributed by atoms with Gasteiger partial charge in [0.2, 0.25) is 0 Å². The summed E-state index contributed by atoms with van der Waals surface area (Å²) >= 11 is 0. The Hall–Kier alpha value is -0.00649. The van der Waals surface area contributed by atoms with Gasteiger partial charge in [-0.1, -0.05) is 0 Å². The maximum atomic E-state index is 12.5. The van der Waals surface area contributed by atoms with Gasteiger partial charge < -0.3 is 5.11 Å². The predicted octanol–water partition coefficient (Wildman–Crippen LogP) is 2.57.